The zero-order chi connectivity index (χ0) is 17.1. The van der Waals surface area contributed by atoms with Gasteiger partial charge in [-0.1, -0.05) is 32.9 Å². The van der Waals surface area contributed by atoms with Crippen LogP contribution in [-0.4, -0.2) is 10.9 Å². The Bertz CT molecular complexity index is 715. The van der Waals surface area contributed by atoms with Crippen LogP contribution in [0.5, 0.6) is 5.75 Å². The number of rotatable bonds is 1. The van der Waals surface area contributed by atoms with Gasteiger partial charge in [-0.3, -0.25) is 4.79 Å². The van der Waals surface area contributed by atoms with Gasteiger partial charge in [-0.15, -0.1) is 0 Å². The van der Waals surface area contributed by atoms with Crippen LogP contribution < -0.4 is 0 Å². The number of fused-ring (bicyclic) bond motifs is 5. The number of phenols is 1. The van der Waals surface area contributed by atoms with E-state index in [9.17, 15) is 9.90 Å². The summed E-state index contributed by atoms with van der Waals surface area (Å²) in [6.07, 6.45) is 7.49. The monoisotopic (exact) mass is 324 g/mol. The molecule has 0 spiro atoms. The molecule has 24 heavy (non-hydrogen) atoms. The molecule has 4 atom stereocenters. The zero-order valence-electron chi connectivity index (χ0n) is 15.0. The van der Waals surface area contributed by atoms with Crippen molar-refractivity contribution in [2.75, 3.05) is 0 Å². The van der Waals surface area contributed by atoms with Gasteiger partial charge in [0.2, 0.25) is 0 Å². The largest absolute Gasteiger partial charge is 0.508 e. The van der Waals surface area contributed by atoms with Crippen LogP contribution in [0.4, 0.5) is 0 Å². The van der Waals surface area contributed by atoms with E-state index in [1.54, 1.807) is 0 Å². The van der Waals surface area contributed by atoms with Gasteiger partial charge < -0.3 is 5.11 Å². The summed E-state index contributed by atoms with van der Waals surface area (Å²) in [7, 11) is 0. The first kappa shape index (κ1) is 15.9. The third-order valence-corrected chi connectivity index (χ3v) is 6.88. The zero-order valence-corrected chi connectivity index (χ0v) is 15.0. The van der Waals surface area contributed by atoms with E-state index in [0.29, 0.717) is 35.2 Å². The van der Waals surface area contributed by atoms with Crippen molar-refractivity contribution in [3.05, 3.63) is 41.0 Å². The number of Topliss-reactive ketones (excluding diaryl/α,β-unsaturated/α-hetero) is 1. The average Bonchev–Trinajstić information content (AvgIpc) is 2.78. The maximum atomic E-state index is 13.1. The highest BCUT2D eigenvalue weighted by molar-refractivity contribution is 6.02. The minimum Gasteiger partial charge on any atom is -0.508 e. The number of ketones is 1. The van der Waals surface area contributed by atoms with E-state index < -0.39 is 0 Å². The minimum atomic E-state index is -0.143. The van der Waals surface area contributed by atoms with Gasteiger partial charge in [0, 0.05) is 5.41 Å². The molecule has 128 valence electrons. The molecule has 1 aromatic rings. The number of carbonyl (C=O) groups excluding carboxylic acids is 1. The van der Waals surface area contributed by atoms with Gasteiger partial charge >= 0.3 is 0 Å². The second-order valence-electron chi connectivity index (χ2n) is 8.72. The van der Waals surface area contributed by atoms with Crippen LogP contribution in [0.2, 0.25) is 0 Å². The van der Waals surface area contributed by atoms with Crippen molar-refractivity contribution in [2.24, 2.45) is 23.2 Å². The van der Waals surface area contributed by atoms with Gasteiger partial charge in [-0.25, -0.2) is 0 Å². The second kappa shape index (κ2) is 5.47. The van der Waals surface area contributed by atoms with E-state index in [4.69, 9.17) is 0 Å². The molecule has 0 amide bonds. The van der Waals surface area contributed by atoms with Crippen LogP contribution >= 0.6 is 0 Å². The molecule has 0 aromatic heterocycles. The SMILES string of the molecule is CC(C)C=C1CC2C3CCc4cc(O)ccc4C3CCC2(C)C1=O. The number of carbonyl (C=O) groups is 1. The molecule has 2 saturated carbocycles. The van der Waals surface area contributed by atoms with E-state index in [1.165, 1.54) is 11.1 Å². The Morgan fingerprint density at radius 2 is 2.08 bits per heavy atom. The molecule has 2 nitrogen and oxygen atoms in total. The molecule has 0 heterocycles. The van der Waals surface area contributed by atoms with Crippen molar-refractivity contribution in [1.29, 1.82) is 0 Å². The first-order valence-electron chi connectivity index (χ1n) is 9.47. The summed E-state index contributed by atoms with van der Waals surface area (Å²) in [5.41, 5.74) is 3.70. The Morgan fingerprint density at radius 3 is 2.83 bits per heavy atom. The third-order valence-electron chi connectivity index (χ3n) is 6.88. The molecule has 0 aliphatic heterocycles. The van der Waals surface area contributed by atoms with Gasteiger partial charge in [0.15, 0.2) is 5.78 Å². The molecule has 4 rings (SSSR count). The van der Waals surface area contributed by atoms with Crippen molar-refractivity contribution in [3.8, 4) is 5.75 Å². The van der Waals surface area contributed by atoms with Crippen molar-refractivity contribution in [3.63, 3.8) is 0 Å². The normalized spacial score (nSPS) is 36.6. The Hall–Kier alpha value is -1.57. The molecule has 0 bridgehead atoms. The van der Waals surface area contributed by atoms with Crippen LogP contribution in [0.25, 0.3) is 0 Å². The lowest BCUT2D eigenvalue weighted by atomic mass is 9.55. The number of phenolic OH excluding ortho intramolecular Hbond substituents is 1. The van der Waals surface area contributed by atoms with Gasteiger partial charge in [0.25, 0.3) is 0 Å². The van der Waals surface area contributed by atoms with E-state index in [1.807, 2.05) is 12.1 Å². The predicted octanol–water partition coefficient (Wildman–Crippen LogP) is 5.01. The van der Waals surface area contributed by atoms with Gasteiger partial charge in [-0.05, 0) is 84.6 Å². The molecule has 2 heteroatoms. The first-order chi connectivity index (χ1) is 11.4. The maximum absolute atomic E-state index is 13.1. The highest BCUT2D eigenvalue weighted by atomic mass is 16.3. The number of hydrogen-bond acceptors (Lipinski definition) is 2. The number of aromatic hydroxyl groups is 1. The molecule has 0 radical (unpaired) electrons. The Kier molecular flexibility index (Phi) is 3.63. The lowest BCUT2D eigenvalue weighted by Gasteiger charge is -2.48. The first-order valence-corrected chi connectivity index (χ1v) is 9.47. The van der Waals surface area contributed by atoms with Gasteiger partial charge in [-0.2, -0.15) is 0 Å². The number of benzene rings is 1. The van der Waals surface area contributed by atoms with E-state index >= 15 is 0 Å². The van der Waals surface area contributed by atoms with Gasteiger partial charge in [0.1, 0.15) is 5.75 Å². The second-order valence-corrected chi connectivity index (χ2v) is 8.72. The van der Waals surface area contributed by atoms with Crippen molar-refractivity contribution in [1.82, 2.24) is 0 Å². The van der Waals surface area contributed by atoms with Crippen LogP contribution in [-0.2, 0) is 11.2 Å². The molecule has 3 aliphatic carbocycles. The van der Waals surface area contributed by atoms with Crippen molar-refractivity contribution < 1.29 is 9.90 Å². The number of aryl methyl sites for hydroxylation is 1. The van der Waals surface area contributed by atoms with Crippen LogP contribution in [0.15, 0.2) is 29.8 Å². The highest BCUT2D eigenvalue weighted by Gasteiger charge is 2.56. The van der Waals surface area contributed by atoms with Crippen LogP contribution in [0.1, 0.15) is 63.5 Å². The lowest BCUT2D eigenvalue weighted by molar-refractivity contribution is -0.127. The Labute approximate surface area is 145 Å². The number of allylic oxidation sites excluding steroid dienone is 2. The summed E-state index contributed by atoms with van der Waals surface area (Å²) in [4.78, 5) is 13.1. The van der Waals surface area contributed by atoms with E-state index in [-0.39, 0.29) is 5.41 Å². The standard InChI is InChI=1S/C22H28O2/c1-13(2)10-15-12-20-19-6-4-14-11-16(23)5-7-17(14)18(19)8-9-22(20,3)21(15)24/h5,7,10-11,13,18-20,23H,4,6,8-9,12H2,1-3H3. The average molecular weight is 324 g/mol. The minimum absolute atomic E-state index is 0.143. The highest BCUT2D eigenvalue weighted by Crippen LogP contribution is 2.60. The van der Waals surface area contributed by atoms with E-state index in [0.717, 1.165) is 37.7 Å². The lowest BCUT2D eigenvalue weighted by Crippen LogP contribution is -2.42. The smallest absolute Gasteiger partial charge is 0.164 e. The summed E-state index contributed by atoms with van der Waals surface area (Å²) < 4.78 is 0. The third kappa shape index (κ3) is 2.26. The number of hydrogen-bond donors (Lipinski definition) is 1. The summed E-state index contributed by atoms with van der Waals surface area (Å²) in [5, 5.41) is 9.78. The molecule has 1 aromatic carbocycles. The predicted molar refractivity (Wildman–Crippen MR) is 96.0 cm³/mol. The summed E-state index contributed by atoms with van der Waals surface area (Å²) >= 11 is 0. The summed E-state index contributed by atoms with van der Waals surface area (Å²) in [5.74, 6) is 2.93. The molecule has 3 aliphatic rings. The van der Waals surface area contributed by atoms with E-state index in [2.05, 4.69) is 32.9 Å². The fourth-order valence-electron chi connectivity index (χ4n) is 5.79. The molecular weight excluding hydrogens is 296 g/mol. The fourth-order valence-corrected chi connectivity index (χ4v) is 5.79. The molecular formula is C22H28O2. The maximum Gasteiger partial charge on any atom is 0.164 e. The topological polar surface area (TPSA) is 37.3 Å². The molecule has 4 unspecified atom stereocenters. The van der Waals surface area contributed by atoms with Crippen molar-refractivity contribution in [2.45, 2.75) is 58.8 Å². The molecule has 0 saturated heterocycles. The van der Waals surface area contributed by atoms with Crippen LogP contribution in [0.3, 0.4) is 0 Å². The van der Waals surface area contributed by atoms with Gasteiger partial charge in [0.05, 0.1) is 0 Å². The molecule has 1 N–H and O–H groups in total. The molecule has 2 fully saturated rings. The fraction of sp³-hybridized carbons (Fsp3) is 0.591. The Morgan fingerprint density at radius 1 is 1.29 bits per heavy atom. The Balaban J connectivity index is 1.70. The summed E-state index contributed by atoms with van der Waals surface area (Å²) in [6, 6.07) is 5.91. The van der Waals surface area contributed by atoms with Crippen molar-refractivity contribution >= 4 is 5.78 Å². The quantitative estimate of drug-likeness (QED) is 0.737. The summed E-state index contributed by atoms with van der Waals surface area (Å²) in [6.45, 7) is 6.55. The van der Waals surface area contributed by atoms with Crippen LogP contribution in [0, 0.1) is 23.2 Å².